The maximum Gasteiger partial charge on any atom is 0.408 e. The van der Waals surface area contributed by atoms with Gasteiger partial charge in [-0.1, -0.05) is 40.5 Å². The highest BCUT2D eigenvalue weighted by Gasteiger charge is 2.54. The number of rotatable bonds is 2. The molecule has 1 aliphatic carbocycles. The second kappa shape index (κ2) is 11.3. The Kier molecular flexibility index (Phi) is 8.11. The number of ether oxygens (including phenoxy) is 3. The number of benzene rings is 1. The molecule has 2 fully saturated rings. The van der Waals surface area contributed by atoms with Gasteiger partial charge in [-0.25, -0.2) is 14.8 Å². The van der Waals surface area contributed by atoms with E-state index in [4.69, 9.17) is 24.2 Å². The van der Waals surface area contributed by atoms with Crippen LogP contribution in [0.1, 0.15) is 79.3 Å². The number of alkyl carbamates (subject to hydrolysis) is 1. The second-order valence-electron chi connectivity index (χ2n) is 13.5. The summed E-state index contributed by atoms with van der Waals surface area (Å²) in [6.45, 7) is 11.2. The number of nitrogens with one attached hydrogen (secondary N) is 1. The minimum Gasteiger partial charge on any atom is -0.497 e. The Balaban J connectivity index is 1.52. The summed E-state index contributed by atoms with van der Waals surface area (Å²) in [7, 11) is 1.61. The van der Waals surface area contributed by atoms with Crippen LogP contribution in [0.3, 0.4) is 0 Å². The van der Waals surface area contributed by atoms with Crippen molar-refractivity contribution in [3.8, 4) is 11.6 Å². The van der Waals surface area contributed by atoms with Crippen molar-refractivity contribution in [2.75, 3.05) is 13.7 Å². The van der Waals surface area contributed by atoms with E-state index in [2.05, 4.69) is 5.32 Å². The summed E-state index contributed by atoms with van der Waals surface area (Å²) in [6.07, 6.45) is 4.30. The molecule has 3 heterocycles. The van der Waals surface area contributed by atoms with E-state index in [1.807, 2.05) is 52.8 Å². The Morgan fingerprint density at radius 2 is 1.90 bits per heavy atom. The molecular formula is C32H44N4O6. The Morgan fingerprint density at radius 3 is 2.60 bits per heavy atom. The number of carbonyl (C=O) groups is 3. The highest BCUT2D eigenvalue weighted by molar-refractivity contribution is 5.92. The Labute approximate surface area is 247 Å². The third-order valence-electron chi connectivity index (χ3n) is 9.19. The van der Waals surface area contributed by atoms with Gasteiger partial charge in [0.25, 0.3) is 0 Å². The number of aromatic nitrogens is 2. The molecule has 0 unspecified atom stereocenters. The molecule has 3 aliphatic rings. The quantitative estimate of drug-likeness (QED) is 0.535. The van der Waals surface area contributed by atoms with Crippen molar-refractivity contribution in [2.45, 2.75) is 104 Å². The number of hydrogen-bond acceptors (Lipinski definition) is 8. The molecule has 1 aromatic carbocycles. The van der Waals surface area contributed by atoms with E-state index in [0.29, 0.717) is 29.5 Å². The number of amides is 2. The van der Waals surface area contributed by atoms with Crippen molar-refractivity contribution in [3.63, 3.8) is 0 Å². The van der Waals surface area contributed by atoms with Gasteiger partial charge in [-0.15, -0.1) is 0 Å². The number of methoxy groups -OCH3 is 1. The van der Waals surface area contributed by atoms with Gasteiger partial charge in [0.2, 0.25) is 11.8 Å². The Morgan fingerprint density at radius 1 is 1.14 bits per heavy atom. The maximum absolute atomic E-state index is 14.1. The fourth-order valence-electron chi connectivity index (χ4n) is 6.50. The first-order chi connectivity index (χ1) is 19.8. The first kappa shape index (κ1) is 30.0. The zero-order valence-electron chi connectivity index (χ0n) is 25.9. The minimum absolute atomic E-state index is 0.133. The minimum atomic E-state index is -0.888. The molecule has 2 aromatic rings. The van der Waals surface area contributed by atoms with E-state index in [1.165, 1.54) is 6.92 Å². The summed E-state index contributed by atoms with van der Waals surface area (Å²) in [4.78, 5) is 51.5. The molecule has 1 aromatic heterocycles. The Bertz CT molecular complexity index is 1370. The van der Waals surface area contributed by atoms with Crippen molar-refractivity contribution in [3.05, 3.63) is 23.9 Å². The normalized spacial score (nSPS) is 30.6. The molecular weight excluding hydrogens is 536 g/mol. The van der Waals surface area contributed by atoms with Gasteiger partial charge in [0, 0.05) is 17.9 Å². The van der Waals surface area contributed by atoms with Gasteiger partial charge in [-0.2, -0.15) is 0 Å². The first-order valence-corrected chi connectivity index (χ1v) is 15.1. The van der Waals surface area contributed by atoms with Crippen LogP contribution in [0.4, 0.5) is 4.79 Å². The third kappa shape index (κ3) is 6.03. The molecule has 2 aliphatic heterocycles. The van der Waals surface area contributed by atoms with Crippen LogP contribution in [0, 0.1) is 17.3 Å². The van der Waals surface area contributed by atoms with E-state index in [1.54, 1.807) is 12.0 Å². The zero-order valence-corrected chi connectivity index (χ0v) is 25.9. The van der Waals surface area contributed by atoms with Crippen LogP contribution in [0.5, 0.6) is 11.6 Å². The molecule has 10 heteroatoms. The van der Waals surface area contributed by atoms with Crippen LogP contribution in [0.25, 0.3) is 11.0 Å². The van der Waals surface area contributed by atoms with Gasteiger partial charge in [-0.3, -0.25) is 9.59 Å². The number of carbonyl (C=O) groups excluding carboxylic acids is 3. The van der Waals surface area contributed by atoms with Crippen LogP contribution >= 0.6 is 0 Å². The van der Waals surface area contributed by atoms with E-state index in [9.17, 15) is 14.4 Å². The monoisotopic (exact) mass is 580 g/mol. The molecule has 2 bridgehead atoms. The largest absolute Gasteiger partial charge is 0.497 e. The summed E-state index contributed by atoms with van der Waals surface area (Å²) in [6, 6.07) is 4.00. The van der Waals surface area contributed by atoms with Crippen molar-refractivity contribution < 1.29 is 28.6 Å². The smallest absolute Gasteiger partial charge is 0.408 e. The third-order valence-corrected chi connectivity index (χ3v) is 9.19. The molecule has 1 saturated heterocycles. The average molecular weight is 581 g/mol. The molecule has 5 rings (SSSR count). The molecule has 0 spiro atoms. The lowest BCUT2D eigenvalue weighted by Gasteiger charge is -2.35. The fourth-order valence-corrected chi connectivity index (χ4v) is 6.50. The van der Waals surface area contributed by atoms with Crippen molar-refractivity contribution >= 4 is 28.8 Å². The predicted octanol–water partition coefficient (Wildman–Crippen LogP) is 4.86. The average Bonchev–Trinajstić information content (AvgIpc) is 3.43. The maximum atomic E-state index is 14.1. The predicted molar refractivity (Wildman–Crippen MR) is 157 cm³/mol. The van der Waals surface area contributed by atoms with Crippen LogP contribution in [-0.2, 0) is 20.7 Å². The van der Waals surface area contributed by atoms with Gasteiger partial charge < -0.3 is 24.4 Å². The highest BCUT2D eigenvalue weighted by atomic mass is 16.6. The second-order valence-corrected chi connectivity index (χ2v) is 13.5. The molecule has 1 N–H and O–H groups in total. The van der Waals surface area contributed by atoms with Crippen LogP contribution in [0.15, 0.2) is 18.2 Å². The lowest BCUT2D eigenvalue weighted by Crippen LogP contribution is -2.57. The summed E-state index contributed by atoms with van der Waals surface area (Å²) in [5.41, 5.74) is 1.03. The summed E-state index contributed by atoms with van der Waals surface area (Å²) in [5.74, 6) is 0.627. The fraction of sp³-hybridized carbons (Fsp3) is 0.656. The van der Waals surface area contributed by atoms with Gasteiger partial charge >= 0.3 is 6.09 Å². The lowest BCUT2D eigenvalue weighted by atomic mass is 9.85. The molecule has 10 nitrogen and oxygen atoms in total. The molecule has 2 amide bonds. The van der Waals surface area contributed by atoms with Gasteiger partial charge in [0.15, 0.2) is 5.78 Å². The lowest BCUT2D eigenvalue weighted by molar-refractivity contribution is -0.141. The molecule has 1 saturated carbocycles. The van der Waals surface area contributed by atoms with E-state index >= 15 is 0 Å². The number of Topliss-reactive ketones (excluding diaryl/α,β-unsaturated/α-hetero) is 1. The zero-order chi connectivity index (χ0) is 30.4. The number of nitrogens with zero attached hydrogens (tertiary/aromatic N) is 3. The van der Waals surface area contributed by atoms with E-state index in [0.717, 1.165) is 43.3 Å². The number of fused-ring (bicyclic) bond motifs is 5. The SMILES string of the molecule is COc1ccc2nc3c(nc2c1)O[C@H]1CN(C(=O)[C@H](C(C)(C)C)NC(=O)O[C@]2(C)C[C@H]2CCCCC3)[C@H](C(C)=O)[C@@H]1C. The molecule has 0 radical (unpaired) electrons. The Hall–Kier alpha value is -3.43. The number of hydrogen-bond donors (Lipinski definition) is 1. The summed E-state index contributed by atoms with van der Waals surface area (Å²) >= 11 is 0. The van der Waals surface area contributed by atoms with Gasteiger partial charge in [0.05, 0.1) is 30.7 Å². The van der Waals surface area contributed by atoms with Gasteiger partial charge in [0.1, 0.15) is 29.2 Å². The molecule has 42 heavy (non-hydrogen) atoms. The topological polar surface area (TPSA) is 120 Å². The molecule has 228 valence electrons. The van der Waals surface area contributed by atoms with E-state index in [-0.39, 0.29) is 24.2 Å². The standard InChI is InChI=1S/C32H44N4O6/c1-18-25-17-36(26(18)19(2)37)29(38)27(31(3,4)5)35-30(39)42-32(6)16-20(32)11-9-8-10-12-23-28(41-25)34-24-15-21(40-7)13-14-22(24)33-23/h13-15,18,20,25-27H,8-12,16-17H2,1-7H3,(H,35,39)/t18-,20-,25+,26+,27-,32-/m1/s1. The number of aryl methyl sites for hydroxylation is 1. The summed E-state index contributed by atoms with van der Waals surface area (Å²) < 4.78 is 17.8. The van der Waals surface area contributed by atoms with Gasteiger partial charge in [-0.05, 0) is 57.1 Å². The van der Waals surface area contributed by atoms with Crippen LogP contribution in [0.2, 0.25) is 0 Å². The molecule has 6 atom stereocenters. The number of ketones is 1. The van der Waals surface area contributed by atoms with Crippen LogP contribution in [-0.4, -0.2) is 70.1 Å². The van der Waals surface area contributed by atoms with Crippen molar-refractivity contribution in [2.24, 2.45) is 17.3 Å². The highest BCUT2D eigenvalue weighted by Crippen LogP contribution is 2.49. The van der Waals surface area contributed by atoms with Crippen molar-refractivity contribution in [1.82, 2.24) is 20.2 Å². The van der Waals surface area contributed by atoms with E-state index < -0.39 is 35.3 Å². The summed E-state index contributed by atoms with van der Waals surface area (Å²) in [5, 5.41) is 2.86. The van der Waals surface area contributed by atoms with Crippen molar-refractivity contribution in [1.29, 1.82) is 0 Å². The van der Waals surface area contributed by atoms with Crippen LogP contribution < -0.4 is 14.8 Å². The first-order valence-electron chi connectivity index (χ1n) is 15.1.